The average Bonchev–Trinajstić information content (AvgIpc) is 2.95. The lowest BCUT2D eigenvalue weighted by Gasteiger charge is -2.34. The third-order valence-electron chi connectivity index (χ3n) is 4.02. The molecule has 1 saturated heterocycles. The Balaban J connectivity index is 0.00000208. The lowest BCUT2D eigenvalue weighted by atomic mass is 10.1. The highest BCUT2D eigenvalue weighted by Gasteiger charge is 2.21. The van der Waals surface area contributed by atoms with Crippen LogP contribution in [0.15, 0.2) is 29.6 Å². The molecule has 1 aliphatic heterocycles. The summed E-state index contributed by atoms with van der Waals surface area (Å²) in [4.78, 5) is 21.2. The Morgan fingerprint density at radius 2 is 1.88 bits per heavy atom. The summed E-state index contributed by atoms with van der Waals surface area (Å²) in [5.74, 6) is 0.192. The van der Waals surface area contributed by atoms with Gasteiger partial charge in [0.15, 0.2) is 0 Å². The van der Waals surface area contributed by atoms with Gasteiger partial charge >= 0.3 is 0 Å². The number of hydrogen-bond donors (Lipinski definition) is 0. The largest absolute Gasteiger partial charge is 0.340 e. The maximum Gasteiger partial charge on any atom is 0.227 e. The lowest BCUT2D eigenvalue weighted by Crippen LogP contribution is -2.48. The molecule has 0 atom stereocenters. The van der Waals surface area contributed by atoms with Crippen LogP contribution in [0.5, 0.6) is 0 Å². The number of thiazole rings is 1. The van der Waals surface area contributed by atoms with Crippen LogP contribution in [0, 0.1) is 6.92 Å². The highest BCUT2D eigenvalue weighted by Crippen LogP contribution is 2.15. The zero-order valence-electron chi connectivity index (χ0n) is 13.6. The molecular weight excluding hydrogens is 365 g/mol. The van der Waals surface area contributed by atoms with Gasteiger partial charge in [0.2, 0.25) is 5.91 Å². The smallest absolute Gasteiger partial charge is 0.227 e. The Labute approximate surface area is 157 Å². The van der Waals surface area contributed by atoms with E-state index in [1.54, 1.807) is 11.3 Å². The second kappa shape index (κ2) is 8.81. The van der Waals surface area contributed by atoms with E-state index in [0.29, 0.717) is 11.4 Å². The number of carbonyl (C=O) groups is 1. The number of aryl methyl sites for hydroxylation is 1. The number of rotatable bonds is 4. The standard InChI is InChI=1S/C17H20ClN3OS.ClH/c1-13-12-23-16(19-13)11-20-6-8-21(9-7-20)17(22)10-14-2-4-15(18)5-3-14;/h2-5,12H,6-11H2,1H3;1H. The molecule has 0 bridgehead atoms. The molecule has 1 aromatic carbocycles. The van der Waals surface area contributed by atoms with Gasteiger partial charge in [0.25, 0.3) is 0 Å². The van der Waals surface area contributed by atoms with Crippen molar-refractivity contribution in [2.75, 3.05) is 26.2 Å². The van der Waals surface area contributed by atoms with Gasteiger partial charge in [0.1, 0.15) is 5.01 Å². The van der Waals surface area contributed by atoms with Gasteiger partial charge in [-0.25, -0.2) is 4.98 Å². The molecule has 0 unspecified atom stereocenters. The Bertz CT molecular complexity index is 667. The van der Waals surface area contributed by atoms with Crippen molar-refractivity contribution in [2.24, 2.45) is 0 Å². The topological polar surface area (TPSA) is 36.4 Å². The van der Waals surface area contributed by atoms with Crippen LogP contribution in [0.3, 0.4) is 0 Å². The number of halogens is 2. The van der Waals surface area contributed by atoms with Crippen LogP contribution in [0.1, 0.15) is 16.3 Å². The van der Waals surface area contributed by atoms with E-state index in [4.69, 9.17) is 11.6 Å². The molecule has 7 heteroatoms. The number of piperazine rings is 1. The minimum Gasteiger partial charge on any atom is -0.340 e. The molecule has 1 fully saturated rings. The number of nitrogens with zero attached hydrogens (tertiary/aromatic N) is 3. The number of aromatic nitrogens is 1. The van der Waals surface area contributed by atoms with Gasteiger partial charge in [-0.1, -0.05) is 23.7 Å². The fourth-order valence-corrected chi connectivity index (χ4v) is 3.65. The first-order valence-electron chi connectivity index (χ1n) is 7.76. The molecule has 2 heterocycles. The molecule has 0 N–H and O–H groups in total. The summed E-state index contributed by atoms with van der Waals surface area (Å²) in [5.41, 5.74) is 2.10. The van der Waals surface area contributed by atoms with Crippen molar-refractivity contribution in [3.63, 3.8) is 0 Å². The summed E-state index contributed by atoms with van der Waals surface area (Å²) in [6, 6.07) is 7.50. The highest BCUT2D eigenvalue weighted by atomic mass is 35.5. The number of hydrogen-bond acceptors (Lipinski definition) is 4. The predicted octanol–water partition coefficient (Wildman–Crippen LogP) is 3.41. The Kier molecular flexibility index (Phi) is 7.04. The summed E-state index contributed by atoms with van der Waals surface area (Å²) < 4.78 is 0. The zero-order chi connectivity index (χ0) is 16.2. The van der Waals surface area contributed by atoms with Crippen LogP contribution < -0.4 is 0 Å². The average molecular weight is 386 g/mol. The van der Waals surface area contributed by atoms with E-state index in [9.17, 15) is 4.79 Å². The molecule has 3 rings (SSSR count). The van der Waals surface area contributed by atoms with Gasteiger partial charge < -0.3 is 4.90 Å². The highest BCUT2D eigenvalue weighted by molar-refractivity contribution is 7.09. The summed E-state index contributed by atoms with van der Waals surface area (Å²) in [7, 11) is 0. The molecule has 4 nitrogen and oxygen atoms in total. The zero-order valence-corrected chi connectivity index (χ0v) is 16.0. The van der Waals surface area contributed by atoms with Gasteiger partial charge in [0.05, 0.1) is 13.0 Å². The molecule has 0 radical (unpaired) electrons. The first-order chi connectivity index (χ1) is 11.1. The van der Waals surface area contributed by atoms with Crippen molar-refractivity contribution in [1.82, 2.24) is 14.8 Å². The van der Waals surface area contributed by atoms with Crippen LogP contribution >= 0.6 is 35.3 Å². The third-order valence-corrected chi connectivity index (χ3v) is 5.22. The predicted molar refractivity (Wildman–Crippen MR) is 101 cm³/mol. The van der Waals surface area contributed by atoms with Crippen LogP contribution in [0.25, 0.3) is 0 Å². The quantitative estimate of drug-likeness (QED) is 0.808. The molecule has 0 aliphatic carbocycles. The van der Waals surface area contributed by atoms with E-state index in [2.05, 4.69) is 15.3 Å². The summed E-state index contributed by atoms with van der Waals surface area (Å²) in [5, 5.41) is 3.94. The van der Waals surface area contributed by atoms with E-state index in [1.165, 1.54) is 0 Å². The van der Waals surface area contributed by atoms with Crippen LogP contribution in [0.2, 0.25) is 5.02 Å². The first kappa shape index (κ1) is 19.2. The van der Waals surface area contributed by atoms with Crippen molar-refractivity contribution < 1.29 is 4.79 Å². The second-order valence-corrected chi connectivity index (χ2v) is 7.22. The van der Waals surface area contributed by atoms with Crippen molar-refractivity contribution in [3.05, 3.63) is 50.9 Å². The summed E-state index contributed by atoms with van der Waals surface area (Å²) in [6.45, 7) is 6.30. The Morgan fingerprint density at radius 3 is 2.46 bits per heavy atom. The maximum absolute atomic E-state index is 12.4. The molecule has 2 aromatic rings. The van der Waals surface area contributed by atoms with Gasteiger partial charge in [-0.05, 0) is 24.6 Å². The van der Waals surface area contributed by atoms with Crippen molar-refractivity contribution >= 4 is 41.3 Å². The molecule has 0 saturated carbocycles. The van der Waals surface area contributed by atoms with E-state index >= 15 is 0 Å². The van der Waals surface area contributed by atoms with Crippen molar-refractivity contribution in [1.29, 1.82) is 0 Å². The molecule has 1 amide bonds. The van der Waals surface area contributed by atoms with Gasteiger partial charge in [-0.15, -0.1) is 23.7 Å². The van der Waals surface area contributed by atoms with Crippen molar-refractivity contribution in [2.45, 2.75) is 19.9 Å². The fraction of sp³-hybridized carbons (Fsp3) is 0.412. The monoisotopic (exact) mass is 385 g/mol. The normalized spacial score (nSPS) is 15.2. The second-order valence-electron chi connectivity index (χ2n) is 5.84. The minimum atomic E-state index is 0. The van der Waals surface area contributed by atoms with Crippen LogP contribution in [-0.4, -0.2) is 46.9 Å². The van der Waals surface area contributed by atoms with E-state index < -0.39 is 0 Å². The van der Waals surface area contributed by atoms with E-state index in [-0.39, 0.29) is 18.3 Å². The summed E-state index contributed by atoms with van der Waals surface area (Å²) in [6.07, 6.45) is 0.447. The number of amides is 1. The minimum absolute atomic E-state index is 0. The molecule has 1 aliphatic rings. The Morgan fingerprint density at radius 1 is 1.21 bits per heavy atom. The molecule has 0 spiro atoms. The molecule has 24 heavy (non-hydrogen) atoms. The van der Waals surface area contributed by atoms with Gasteiger partial charge in [0, 0.05) is 42.3 Å². The van der Waals surface area contributed by atoms with Crippen LogP contribution in [-0.2, 0) is 17.8 Å². The Hall–Kier alpha value is -1.14. The van der Waals surface area contributed by atoms with E-state index in [1.807, 2.05) is 36.1 Å². The summed E-state index contributed by atoms with van der Waals surface area (Å²) >= 11 is 7.58. The van der Waals surface area contributed by atoms with Gasteiger partial charge in [-0.2, -0.15) is 0 Å². The lowest BCUT2D eigenvalue weighted by molar-refractivity contribution is -0.132. The first-order valence-corrected chi connectivity index (χ1v) is 9.01. The molecule has 1 aromatic heterocycles. The van der Waals surface area contributed by atoms with E-state index in [0.717, 1.165) is 49.0 Å². The fourth-order valence-electron chi connectivity index (χ4n) is 2.71. The number of benzene rings is 1. The molecular formula is C17H21Cl2N3OS. The van der Waals surface area contributed by atoms with Gasteiger partial charge in [-0.3, -0.25) is 9.69 Å². The van der Waals surface area contributed by atoms with Crippen LogP contribution in [0.4, 0.5) is 0 Å². The van der Waals surface area contributed by atoms with Crippen molar-refractivity contribution in [3.8, 4) is 0 Å². The molecule has 130 valence electrons. The number of carbonyl (C=O) groups excluding carboxylic acids is 1. The third kappa shape index (κ3) is 5.18. The maximum atomic E-state index is 12.4. The SMILES string of the molecule is Cc1csc(CN2CCN(C(=O)Cc3ccc(Cl)cc3)CC2)n1.Cl.